The average Bonchev–Trinajstić information content (AvgIpc) is 2.57. The smallest absolute Gasteiger partial charge is 0.123 e. The standard InChI is InChI=1S/C24H42OS/c1-6-7-8-9-10-11-12-13-14-15-16-26-19-21-17-20(2)18-22(23(21)25)24(3,4)5/h17-18,25H,6-16,19H2,1-5H3. The lowest BCUT2D eigenvalue weighted by atomic mass is 9.84. The van der Waals surface area contributed by atoms with Gasteiger partial charge in [0.15, 0.2) is 0 Å². The van der Waals surface area contributed by atoms with Gasteiger partial charge in [0, 0.05) is 11.3 Å². The number of hydrogen-bond donors (Lipinski definition) is 1. The topological polar surface area (TPSA) is 20.2 Å². The minimum atomic E-state index is -0.00788. The maximum atomic E-state index is 10.6. The fourth-order valence-electron chi connectivity index (χ4n) is 3.41. The van der Waals surface area contributed by atoms with E-state index >= 15 is 0 Å². The van der Waals surface area contributed by atoms with Crippen LogP contribution in [0.25, 0.3) is 0 Å². The molecule has 0 radical (unpaired) electrons. The van der Waals surface area contributed by atoms with Crippen LogP contribution in [0.4, 0.5) is 0 Å². The summed E-state index contributed by atoms with van der Waals surface area (Å²) in [7, 11) is 0. The molecule has 0 aliphatic rings. The van der Waals surface area contributed by atoms with Gasteiger partial charge in [0.05, 0.1) is 0 Å². The second-order valence-electron chi connectivity index (χ2n) is 8.80. The van der Waals surface area contributed by atoms with E-state index in [1.807, 2.05) is 11.8 Å². The van der Waals surface area contributed by atoms with Gasteiger partial charge < -0.3 is 5.11 Å². The third-order valence-electron chi connectivity index (χ3n) is 5.04. The van der Waals surface area contributed by atoms with Crippen LogP contribution in [0, 0.1) is 6.92 Å². The Morgan fingerprint density at radius 2 is 1.38 bits per heavy atom. The van der Waals surface area contributed by atoms with Crippen LogP contribution >= 0.6 is 11.8 Å². The highest BCUT2D eigenvalue weighted by Gasteiger charge is 2.20. The van der Waals surface area contributed by atoms with Gasteiger partial charge in [0.1, 0.15) is 5.75 Å². The highest BCUT2D eigenvalue weighted by atomic mass is 32.2. The van der Waals surface area contributed by atoms with Crippen molar-refractivity contribution in [3.05, 3.63) is 28.8 Å². The van der Waals surface area contributed by atoms with Gasteiger partial charge in [-0.2, -0.15) is 11.8 Å². The zero-order valence-electron chi connectivity index (χ0n) is 18.0. The summed E-state index contributed by atoms with van der Waals surface area (Å²) in [5.41, 5.74) is 3.42. The monoisotopic (exact) mass is 378 g/mol. The summed E-state index contributed by atoms with van der Waals surface area (Å²) < 4.78 is 0. The zero-order chi connectivity index (χ0) is 19.4. The Morgan fingerprint density at radius 1 is 0.846 bits per heavy atom. The lowest BCUT2D eigenvalue weighted by molar-refractivity contribution is 0.442. The number of rotatable bonds is 13. The molecule has 0 aromatic heterocycles. The number of phenolic OH excluding ortho intramolecular Hbond substituents is 1. The van der Waals surface area contributed by atoms with Crippen molar-refractivity contribution in [1.82, 2.24) is 0 Å². The van der Waals surface area contributed by atoms with Crippen LogP contribution in [0.1, 0.15) is 109 Å². The van der Waals surface area contributed by atoms with Crippen molar-refractivity contribution in [3.63, 3.8) is 0 Å². The Balaban J connectivity index is 2.18. The molecule has 0 bridgehead atoms. The molecule has 1 nitrogen and oxygen atoms in total. The SMILES string of the molecule is CCCCCCCCCCCCSCc1cc(C)cc(C(C)(C)C)c1O. The summed E-state index contributed by atoms with van der Waals surface area (Å²) in [5, 5.41) is 10.6. The summed E-state index contributed by atoms with van der Waals surface area (Å²) in [4.78, 5) is 0. The molecule has 0 fully saturated rings. The van der Waals surface area contributed by atoms with Crippen LogP contribution in [-0.2, 0) is 11.2 Å². The summed E-state index contributed by atoms with van der Waals surface area (Å²) in [5.74, 6) is 2.64. The number of phenols is 1. The number of benzene rings is 1. The van der Waals surface area contributed by atoms with E-state index in [9.17, 15) is 5.11 Å². The zero-order valence-corrected chi connectivity index (χ0v) is 18.8. The van der Waals surface area contributed by atoms with Crippen molar-refractivity contribution in [2.45, 2.75) is 110 Å². The Labute approximate surface area is 167 Å². The molecule has 0 aliphatic carbocycles. The maximum Gasteiger partial charge on any atom is 0.123 e. The number of unbranched alkanes of at least 4 members (excludes halogenated alkanes) is 9. The summed E-state index contributed by atoms with van der Waals surface area (Å²) >= 11 is 1.97. The van der Waals surface area contributed by atoms with Gasteiger partial charge in [-0.25, -0.2) is 0 Å². The first-order valence-electron chi connectivity index (χ1n) is 10.8. The lowest BCUT2D eigenvalue weighted by Crippen LogP contribution is -2.12. The number of hydrogen-bond acceptors (Lipinski definition) is 2. The summed E-state index contributed by atoms with van der Waals surface area (Å²) in [6.45, 7) is 10.9. The van der Waals surface area contributed by atoms with Crippen LogP contribution in [0.5, 0.6) is 5.75 Å². The fourth-order valence-corrected chi connectivity index (χ4v) is 4.40. The third-order valence-corrected chi connectivity index (χ3v) is 6.13. The maximum absolute atomic E-state index is 10.6. The molecule has 1 rings (SSSR count). The Bertz CT molecular complexity index is 502. The van der Waals surface area contributed by atoms with Crippen molar-refractivity contribution in [2.24, 2.45) is 0 Å². The molecule has 0 aliphatic heterocycles. The first kappa shape index (κ1) is 23.4. The molecule has 1 aromatic carbocycles. The van der Waals surface area contributed by atoms with Gasteiger partial charge in [-0.15, -0.1) is 0 Å². The highest BCUT2D eigenvalue weighted by Crippen LogP contribution is 2.36. The van der Waals surface area contributed by atoms with E-state index in [1.54, 1.807) is 0 Å². The summed E-state index contributed by atoms with van der Waals surface area (Å²) in [6, 6.07) is 4.28. The number of thioether (sulfide) groups is 1. The van der Waals surface area contributed by atoms with Crippen molar-refractivity contribution in [3.8, 4) is 5.75 Å². The van der Waals surface area contributed by atoms with E-state index in [2.05, 4.69) is 46.8 Å². The van der Waals surface area contributed by atoms with E-state index in [-0.39, 0.29) is 5.41 Å². The first-order chi connectivity index (χ1) is 12.4. The molecule has 0 spiro atoms. The van der Waals surface area contributed by atoms with E-state index in [4.69, 9.17) is 0 Å². The van der Waals surface area contributed by atoms with E-state index in [0.29, 0.717) is 5.75 Å². The molecular formula is C24H42OS. The molecule has 2 heteroatoms. The molecule has 26 heavy (non-hydrogen) atoms. The molecule has 0 atom stereocenters. The minimum absolute atomic E-state index is 0.00788. The van der Waals surface area contributed by atoms with Crippen molar-refractivity contribution >= 4 is 11.8 Å². The van der Waals surface area contributed by atoms with Crippen LogP contribution in [0.15, 0.2) is 12.1 Å². The second kappa shape index (κ2) is 12.7. The third kappa shape index (κ3) is 9.35. The van der Waals surface area contributed by atoms with E-state index in [0.717, 1.165) is 16.9 Å². The molecule has 0 unspecified atom stereocenters. The summed E-state index contributed by atoms with van der Waals surface area (Å²) in [6.07, 6.45) is 13.9. The molecule has 1 N–H and O–H groups in total. The minimum Gasteiger partial charge on any atom is -0.507 e. The number of aromatic hydroxyl groups is 1. The average molecular weight is 379 g/mol. The van der Waals surface area contributed by atoms with Gasteiger partial charge in [0.2, 0.25) is 0 Å². The Kier molecular flexibility index (Phi) is 11.4. The Hall–Kier alpha value is -0.630. The van der Waals surface area contributed by atoms with Crippen LogP contribution in [0.2, 0.25) is 0 Å². The predicted octanol–water partition coefficient (Wildman–Crippen LogP) is 8.15. The predicted molar refractivity (Wildman–Crippen MR) is 120 cm³/mol. The van der Waals surface area contributed by atoms with Crippen LogP contribution in [0.3, 0.4) is 0 Å². The first-order valence-corrected chi connectivity index (χ1v) is 11.9. The van der Waals surface area contributed by atoms with Crippen LogP contribution < -0.4 is 0 Å². The van der Waals surface area contributed by atoms with Gasteiger partial charge >= 0.3 is 0 Å². The largest absolute Gasteiger partial charge is 0.507 e. The van der Waals surface area contributed by atoms with Gasteiger partial charge in [-0.1, -0.05) is 103 Å². The van der Waals surface area contributed by atoms with Crippen molar-refractivity contribution in [2.75, 3.05) is 5.75 Å². The lowest BCUT2D eigenvalue weighted by Gasteiger charge is -2.23. The van der Waals surface area contributed by atoms with E-state index in [1.165, 1.54) is 75.5 Å². The molecule has 0 saturated heterocycles. The molecule has 1 aromatic rings. The molecule has 0 heterocycles. The molecule has 150 valence electrons. The molecular weight excluding hydrogens is 336 g/mol. The van der Waals surface area contributed by atoms with Gasteiger partial charge in [-0.3, -0.25) is 0 Å². The highest BCUT2D eigenvalue weighted by molar-refractivity contribution is 7.98. The van der Waals surface area contributed by atoms with E-state index < -0.39 is 0 Å². The second-order valence-corrected chi connectivity index (χ2v) is 9.91. The normalized spacial score (nSPS) is 11.9. The van der Waals surface area contributed by atoms with Crippen LogP contribution in [-0.4, -0.2) is 10.9 Å². The van der Waals surface area contributed by atoms with Gasteiger partial charge in [-0.05, 0) is 30.1 Å². The quantitative estimate of drug-likeness (QED) is 0.349. The van der Waals surface area contributed by atoms with Crippen molar-refractivity contribution in [1.29, 1.82) is 0 Å². The van der Waals surface area contributed by atoms with Gasteiger partial charge in [0.25, 0.3) is 0 Å². The Morgan fingerprint density at radius 3 is 1.92 bits per heavy atom. The number of aryl methyl sites for hydroxylation is 1. The van der Waals surface area contributed by atoms with Crippen molar-refractivity contribution < 1.29 is 5.11 Å². The molecule has 0 amide bonds. The fraction of sp³-hybridized carbons (Fsp3) is 0.750. The molecule has 0 saturated carbocycles.